The Bertz CT molecular complexity index is 643. The van der Waals surface area contributed by atoms with Gasteiger partial charge in [0.1, 0.15) is 17.1 Å². The van der Waals surface area contributed by atoms with Crippen LogP contribution in [-0.4, -0.2) is 63.8 Å². The monoisotopic (exact) mass is 365 g/mol. The van der Waals surface area contributed by atoms with E-state index in [1.807, 2.05) is 0 Å². The number of esters is 2. The minimum absolute atomic E-state index is 0.134. The molecule has 2 rings (SSSR count). The number of hydrogen-bond donors (Lipinski definition) is 0. The van der Waals surface area contributed by atoms with E-state index in [2.05, 4.69) is 0 Å². The molecule has 1 aliphatic rings. The zero-order chi connectivity index (χ0) is 19.1. The summed E-state index contributed by atoms with van der Waals surface area (Å²) < 4.78 is 20.2. The first kappa shape index (κ1) is 19.6. The van der Waals surface area contributed by atoms with Gasteiger partial charge in [-0.05, 0) is 25.0 Å². The molecule has 1 heterocycles. The van der Waals surface area contributed by atoms with Crippen molar-refractivity contribution in [2.45, 2.75) is 12.8 Å². The Morgan fingerprint density at radius 3 is 2.12 bits per heavy atom. The molecule has 142 valence electrons. The molecule has 1 aromatic rings. The highest BCUT2D eigenvalue weighted by molar-refractivity contribution is 5.96. The average Bonchev–Trinajstić information content (AvgIpc) is 2.70. The van der Waals surface area contributed by atoms with Crippen molar-refractivity contribution >= 4 is 17.8 Å². The van der Waals surface area contributed by atoms with Gasteiger partial charge in [0.25, 0.3) is 5.91 Å². The van der Waals surface area contributed by atoms with Crippen molar-refractivity contribution in [1.82, 2.24) is 4.90 Å². The second-order valence-electron chi connectivity index (χ2n) is 5.79. The number of benzene rings is 1. The fraction of sp³-hybridized carbons (Fsp3) is 0.500. The summed E-state index contributed by atoms with van der Waals surface area (Å²) in [6.45, 7) is 0.463. The van der Waals surface area contributed by atoms with Gasteiger partial charge in [-0.2, -0.15) is 0 Å². The van der Waals surface area contributed by atoms with Crippen molar-refractivity contribution in [2.24, 2.45) is 5.92 Å². The van der Waals surface area contributed by atoms with Crippen molar-refractivity contribution in [3.63, 3.8) is 0 Å². The first-order valence-corrected chi connectivity index (χ1v) is 8.25. The van der Waals surface area contributed by atoms with Gasteiger partial charge < -0.3 is 23.8 Å². The van der Waals surface area contributed by atoms with Crippen molar-refractivity contribution in [2.75, 3.05) is 41.0 Å². The molecular weight excluding hydrogens is 342 g/mol. The number of carbonyl (C=O) groups excluding carboxylic acids is 3. The van der Waals surface area contributed by atoms with Crippen LogP contribution in [-0.2, 0) is 19.1 Å². The van der Waals surface area contributed by atoms with Crippen molar-refractivity contribution < 1.29 is 33.3 Å². The summed E-state index contributed by atoms with van der Waals surface area (Å²) in [5.41, 5.74) is 0.134. The molecule has 1 fully saturated rings. The summed E-state index contributed by atoms with van der Waals surface area (Å²) in [7, 11) is 4.22. The molecule has 1 amide bonds. The van der Waals surface area contributed by atoms with Gasteiger partial charge in [0.05, 0.1) is 27.2 Å². The third-order valence-corrected chi connectivity index (χ3v) is 4.34. The predicted molar refractivity (Wildman–Crippen MR) is 91.1 cm³/mol. The average molecular weight is 365 g/mol. The molecule has 1 aromatic carbocycles. The van der Waals surface area contributed by atoms with Crippen LogP contribution in [0.2, 0.25) is 0 Å². The summed E-state index contributed by atoms with van der Waals surface area (Å²) in [5.74, 6) is -0.842. The van der Waals surface area contributed by atoms with Gasteiger partial charge in [0, 0.05) is 13.1 Å². The normalized spacial score (nSPS) is 14.5. The molecule has 8 heteroatoms. The Morgan fingerprint density at radius 2 is 1.62 bits per heavy atom. The van der Waals surface area contributed by atoms with Crippen LogP contribution in [0.25, 0.3) is 0 Å². The van der Waals surface area contributed by atoms with Crippen LogP contribution in [0.1, 0.15) is 23.2 Å². The van der Waals surface area contributed by atoms with Crippen LogP contribution in [0.15, 0.2) is 18.2 Å². The number of piperidine rings is 1. The Morgan fingerprint density at radius 1 is 1.04 bits per heavy atom. The molecule has 0 N–H and O–H groups in total. The van der Waals surface area contributed by atoms with Crippen LogP contribution in [0, 0.1) is 5.92 Å². The lowest BCUT2D eigenvalue weighted by molar-refractivity contribution is -0.149. The molecule has 26 heavy (non-hydrogen) atoms. The molecule has 0 aromatic heterocycles. The maximum Gasteiger partial charge on any atom is 0.346 e. The number of carbonyl (C=O) groups is 3. The zero-order valence-electron chi connectivity index (χ0n) is 15.1. The van der Waals surface area contributed by atoms with Gasteiger partial charge in [-0.25, -0.2) is 4.79 Å². The molecule has 8 nitrogen and oxygen atoms in total. The van der Waals surface area contributed by atoms with E-state index in [0.717, 1.165) is 0 Å². The van der Waals surface area contributed by atoms with Gasteiger partial charge >= 0.3 is 11.9 Å². The van der Waals surface area contributed by atoms with E-state index in [1.54, 1.807) is 23.1 Å². The van der Waals surface area contributed by atoms with Gasteiger partial charge in [0.15, 0.2) is 6.61 Å². The standard InChI is InChI=1S/C18H23NO7/c1-23-13-5-4-6-14(24-2)16(13)18(22)26-11-15(20)19-9-7-12(8-10-19)17(21)25-3/h4-6,12H,7-11H2,1-3H3. The highest BCUT2D eigenvalue weighted by atomic mass is 16.5. The SMILES string of the molecule is COC(=O)C1CCN(C(=O)COC(=O)c2c(OC)cccc2OC)CC1. The quantitative estimate of drug-likeness (QED) is 0.701. The fourth-order valence-electron chi connectivity index (χ4n) is 2.87. The number of nitrogens with zero attached hydrogens (tertiary/aromatic N) is 1. The molecule has 0 unspecified atom stereocenters. The van der Waals surface area contributed by atoms with Crippen LogP contribution in [0.5, 0.6) is 11.5 Å². The minimum Gasteiger partial charge on any atom is -0.496 e. The van der Waals surface area contributed by atoms with E-state index < -0.39 is 5.97 Å². The number of ether oxygens (including phenoxy) is 4. The number of likely N-dealkylation sites (tertiary alicyclic amines) is 1. The summed E-state index contributed by atoms with van der Waals surface area (Å²) in [6, 6.07) is 4.90. The molecule has 1 saturated heterocycles. The lowest BCUT2D eigenvalue weighted by atomic mass is 9.97. The fourth-order valence-corrected chi connectivity index (χ4v) is 2.87. The first-order valence-electron chi connectivity index (χ1n) is 8.25. The molecule has 0 bridgehead atoms. The largest absolute Gasteiger partial charge is 0.496 e. The Hall–Kier alpha value is -2.77. The van der Waals surface area contributed by atoms with Crippen molar-refractivity contribution in [3.05, 3.63) is 23.8 Å². The van der Waals surface area contributed by atoms with Gasteiger partial charge in [-0.3, -0.25) is 9.59 Å². The summed E-state index contributed by atoms with van der Waals surface area (Å²) in [5, 5.41) is 0. The van der Waals surface area contributed by atoms with Crippen molar-refractivity contribution in [3.8, 4) is 11.5 Å². The molecular formula is C18H23NO7. The lowest BCUT2D eigenvalue weighted by Gasteiger charge is -2.30. The Kier molecular flexibility index (Phi) is 6.82. The van der Waals surface area contributed by atoms with E-state index in [4.69, 9.17) is 18.9 Å². The molecule has 0 radical (unpaired) electrons. The maximum absolute atomic E-state index is 12.4. The molecule has 0 atom stereocenters. The van der Waals surface area contributed by atoms with E-state index in [1.165, 1.54) is 21.3 Å². The van der Waals surface area contributed by atoms with Gasteiger partial charge in [-0.1, -0.05) is 6.07 Å². The van der Waals surface area contributed by atoms with Gasteiger partial charge in [0.2, 0.25) is 0 Å². The predicted octanol–water partition coefficient (Wildman–Crippen LogP) is 1.27. The number of rotatable bonds is 6. The topological polar surface area (TPSA) is 91.4 Å². The number of hydrogen-bond acceptors (Lipinski definition) is 7. The number of methoxy groups -OCH3 is 3. The van der Waals surface area contributed by atoms with Crippen LogP contribution in [0.3, 0.4) is 0 Å². The summed E-state index contributed by atoms with van der Waals surface area (Å²) >= 11 is 0. The first-order chi connectivity index (χ1) is 12.5. The summed E-state index contributed by atoms with van der Waals surface area (Å²) in [6.07, 6.45) is 1.07. The highest BCUT2D eigenvalue weighted by Gasteiger charge is 2.28. The second kappa shape index (κ2) is 9.07. The van der Waals surface area contributed by atoms with E-state index in [-0.39, 0.29) is 30.0 Å². The zero-order valence-corrected chi connectivity index (χ0v) is 15.1. The van der Waals surface area contributed by atoms with Gasteiger partial charge in [-0.15, -0.1) is 0 Å². The number of amides is 1. The lowest BCUT2D eigenvalue weighted by Crippen LogP contribution is -2.42. The maximum atomic E-state index is 12.4. The smallest absolute Gasteiger partial charge is 0.346 e. The molecule has 0 spiro atoms. The van der Waals surface area contributed by atoms with Crippen molar-refractivity contribution in [1.29, 1.82) is 0 Å². The van der Waals surface area contributed by atoms with Crippen LogP contribution in [0.4, 0.5) is 0 Å². The Balaban J connectivity index is 1.92. The van der Waals surface area contributed by atoms with Crippen LogP contribution < -0.4 is 9.47 Å². The minimum atomic E-state index is -0.697. The van der Waals surface area contributed by atoms with Crippen LogP contribution >= 0.6 is 0 Å². The van der Waals surface area contributed by atoms with E-state index >= 15 is 0 Å². The summed E-state index contributed by atoms with van der Waals surface area (Å²) in [4.78, 5) is 37.7. The van der Waals surface area contributed by atoms with E-state index in [0.29, 0.717) is 37.4 Å². The molecule has 1 aliphatic heterocycles. The third-order valence-electron chi connectivity index (χ3n) is 4.34. The second-order valence-corrected chi connectivity index (χ2v) is 5.79. The third kappa shape index (κ3) is 4.44. The molecule has 0 aliphatic carbocycles. The van der Waals surface area contributed by atoms with E-state index in [9.17, 15) is 14.4 Å². The highest BCUT2D eigenvalue weighted by Crippen LogP contribution is 2.29. The molecule has 0 saturated carbocycles. The Labute approximate surface area is 152 Å².